The lowest BCUT2D eigenvalue weighted by molar-refractivity contribution is 0.0353. The maximum atomic E-state index is 5.83. The van der Waals surface area contributed by atoms with E-state index in [0.29, 0.717) is 37.6 Å². The standard InChI is InChI=1S/C28H52O4/c1-9-23(3)12-11-13-25(5)17-31-21-28(8)22-32-20-27(7)19-29-15-14-26(6)18-30-16-24(4)10-2/h9,13,21,24,26-27H,10-12,14-20,22H2,1-8H3/b23-9+,25-13+,28-21+. The van der Waals surface area contributed by atoms with Gasteiger partial charge in [-0.1, -0.05) is 51.8 Å². The van der Waals surface area contributed by atoms with Crippen LogP contribution in [0.4, 0.5) is 0 Å². The number of rotatable bonds is 20. The highest BCUT2D eigenvalue weighted by atomic mass is 16.5. The van der Waals surface area contributed by atoms with Crippen LogP contribution >= 0.6 is 0 Å². The summed E-state index contributed by atoms with van der Waals surface area (Å²) in [7, 11) is 0. The second-order valence-electron chi connectivity index (χ2n) is 9.64. The molecule has 4 nitrogen and oxygen atoms in total. The third-order valence-corrected chi connectivity index (χ3v) is 5.51. The zero-order valence-corrected chi connectivity index (χ0v) is 22.4. The molecule has 0 aliphatic carbocycles. The van der Waals surface area contributed by atoms with Gasteiger partial charge in [0.25, 0.3) is 0 Å². The zero-order valence-electron chi connectivity index (χ0n) is 22.4. The summed E-state index contributed by atoms with van der Waals surface area (Å²) in [5.74, 6) is 1.56. The Kier molecular flexibility index (Phi) is 19.8. The van der Waals surface area contributed by atoms with Crippen LogP contribution in [0.3, 0.4) is 0 Å². The Labute approximate surface area is 199 Å². The largest absolute Gasteiger partial charge is 0.497 e. The van der Waals surface area contributed by atoms with Gasteiger partial charge in [0.2, 0.25) is 0 Å². The van der Waals surface area contributed by atoms with Crippen molar-refractivity contribution in [2.75, 3.05) is 46.2 Å². The number of hydrogen-bond donors (Lipinski definition) is 0. The van der Waals surface area contributed by atoms with Crippen molar-refractivity contribution in [1.82, 2.24) is 0 Å². The second-order valence-corrected chi connectivity index (χ2v) is 9.64. The quantitative estimate of drug-likeness (QED) is 0.110. The van der Waals surface area contributed by atoms with Crippen molar-refractivity contribution in [2.24, 2.45) is 17.8 Å². The summed E-state index contributed by atoms with van der Waals surface area (Å²) in [6, 6.07) is 0. The van der Waals surface area contributed by atoms with E-state index in [1.807, 2.05) is 13.2 Å². The zero-order chi connectivity index (χ0) is 24.2. The Morgan fingerprint density at radius 2 is 1.41 bits per heavy atom. The molecule has 0 aliphatic rings. The summed E-state index contributed by atoms with van der Waals surface area (Å²) in [6.45, 7) is 22.4. The fourth-order valence-electron chi connectivity index (χ4n) is 2.81. The van der Waals surface area contributed by atoms with Crippen LogP contribution in [-0.4, -0.2) is 46.2 Å². The van der Waals surface area contributed by atoms with Crippen LogP contribution in [0.5, 0.6) is 0 Å². The molecule has 0 N–H and O–H groups in total. The Balaban J connectivity index is 3.77. The Morgan fingerprint density at radius 1 is 0.750 bits per heavy atom. The van der Waals surface area contributed by atoms with E-state index in [-0.39, 0.29) is 0 Å². The van der Waals surface area contributed by atoms with E-state index in [9.17, 15) is 0 Å². The topological polar surface area (TPSA) is 36.9 Å². The van der Waals surface area contributed by atoms with E-state index in [1.54, 1.807) is 0 Å². The molecule has 0 fully saturated rings. The van der Waals surface area contributed by atoms with Gasteiger partial charge in [-0.15, -0.1) is 0 Å². The molecule has 0 aromatic heterocycles. The van der Waals surface area contributed by atoms with Crippen molar-refractivity contribution in [3.05, 3.63) is 35.1 Å². The lowest BCUT2D eigenvalue weighted by Gasteiger charge is -2.16. The Bertz CT molecular complexity index is 536. The summed E-state index contributed by atoms with van der Waals surface area (Å²) in [5, 5.41) is 0. The summed E-state index contributed by atoms with van der Waals surface area (Å²) in [6.07, 6.45) is 10.7. The minimum Gasteiger partial charge on any atom is -0.497 e. The maximum Gasteiger partial charge on any atom is 0.108 e. The van der Waals surface area contributed by atoms with E-state index in [4.69, 9.17) is 18.9 Å². The lowest BCUT2D eigenvalue weighted by atomic mass is 10.1. The molecule has 32 heavy (non-hydrogen) atoms. The fourth-order valence-corrected chi connectivity index (χ4v) is 2.81. The molecule has 0 bridgehead atoms. The first-order valence-corrected chi connectivity index (χ1v) is 12.6. The van der Waals surface area contributed by atoms with E-state index < -0.39 is 0 Å². The summed E-state index contributed by atoms with van der Waals surface area (Å²) < 4.78 is 23.1. The van der Waals surface area contributed by atoms with E-state index in [1.165, 1.54) is 17.6 Å². The molecule has 3 unspecified atom stereocenters. The first kappa shape index (κ1) is 30.9. The van der Waals surface area contributed by atoms with E-state index in [0.717, 1.165) is 51.3 Å². The van der Waals surface area contributed by atoms with E-state index >= 15 is 0 Å². The molecular formula is C28H52O4. The number of hydrogen-bond acceptors (Lipinski definition) is 4. The van der Waals surface area contributed by atoms with Gasteiger partial charge in [0.15, 0.2) is 0 Å². The molecule has 0 aromatic rings. The molecule has 188 valence electrons. The van der Waals surface area contributed by atoms with Gasteiger partial charge in [0.1, 0.15) is 6.61 Å². The highest BCUT2D eigenvalue weighted by Gasteiger charge is 2.07. The van der Waals surface area contributed by atoms with Crippen LogP contribution in [0.15, 0.2) is 35.1 Å². The van der Waals surface area contributed by atoms with Crippen LogP contribution < -0.4 is 0 Å². The highest BCUT2D eigenvalue weighted by molar-refractivity contribution is 5.03. The SMILES string of the molecule is C/C=C(\C)CC/C=C(\C)CO/C=C(\C)COCC(C)COCCC(C)COCC(C)CC. The van der Waals surface area contributed by atoms with Crippen molar-refractivity contribution >= 4 is 0 Å². The minimum atomic E-state index is 0.381. The average Bonchev–Trinajstić information content (AvgIpc) is 2.76. The molecule has 0 spiro atoms. The van der Waals surface area contributed by atoms with Crippen LogP contribution in [0, 0.1) is 17.8 Å². The smallest absolute Gasteiger partial charge is 0.108 e. The summed E-state index contributed by atoms with van der Waals surface area (Å²) in [5.41, 5.74) is 3.79. The van der Waals surface area contributed by atoms with Gasteiger partial charge < -0.3 is 18.9 Å². The van der Waals surface area contributed by atoms with Crippen LogP contribution in [0.25, 0.3) is 0 Å². The molecule has 0 aliphatic heterocycles. The normalized spacial score (nSPS) is 16.2. The predicted octanol–water partition coefficient (Wildman–Crippen LogP) is 7.36. The van der Waals surface area contributed by atoms with Gasteiger partial charge in [0, 0.05) is 25.7 Å². The monoisotopic (exact) mass is 452 g/mol. The third kappa shape index (κ3) is 19.6. The molecule has 0 aromatic carbocycles. The van der Waals surface area contributed by atoms with Crippen molar-refractivity contribution in [2.45, 2.75) is 81.1 Å². The van der Waals surface area contributed by atoms with Crippen molar-refractivity contribution < 1.29 is 18.9 Å². The predicted molar refractivity (Wildman–Crippen MR) is 137 cm³/mol. The van der Waals surface area contributed by atoms with Crippen LogP contribution in [0.2, 0.25) is 0 Å². The van der Waals surface area contributed by atoms with Crippen LogP contribution in [0.1, 0.15) is 81.1 Å². The summed E-state index contributed by atoms with van der Waals surface area (Å²) >= 11 is 0. The van der Waals surface area contributed by atoms with Crippen LogP contribution in [-0.2, 0) is 18.9 Å². The first-order chi connectivity index (χ1) is 15.3. The van der Waals surface area contributed by atoms with Gasteiger partial charge in [-0.05, 0) is 69.9 Å². The Hall–Kier alpha value is -1.10. The Morgan fingerprint density at radius 3 is 2.09 bits per heavy atom. The maximum absolute atomic E-state index is 5.83. The fraction of sp³-hybridized carbons (Fsp3) is 0.786. The second kappa shape index (κ2) is 20.5. The molecule has 3 atom stereocenters. The van der Waals surface area contributed by atoms with Gasteiger partial charge in [-0.3, -0.25) is 0 Å². The minimum absolute atomic E-state index is 0.381. The highest BCUT2D eigenvalue weighted by Crippen LogP contribution is 2.09. The lowest BCUT2D eigenvalue weighted by Crippen LogP contribution is -2.16. The first-order valence-electron chi connectivity index (χ1n) is 12.6. The number of allylic oxidation sites excluding steroid dienone is 3. The summed E-state index contributed by atoms with van der Waals surface area (Å²) in [4.78, 5) is 0. The van der Waals surface area contributed by atoms with Gasteiger partial charge >= 0.3 is 0 Å². The number of ether oxygens (including phenoxy) is 4. The molecule has 0 heterocycles. The van der Waals surface area contributed by atoms with Crippen molar-refractivity contribution in [3.63, 3.8) is 0 Å². The van der Waals surface area contributed by atoms with Gasteiger partial charge in [-0.2, -0.15) is 0 Å². The average molecular weight is 453 g/mol. The van der Waals surface area contributed by atoms with Gasteiger partial charge in [0.05, 0.1) is 26.1 Å². The molecule has 0 amide bonds. The van der Waals surface area contributed by atoms with Crippen molar-refractivity contribution in [1.29, 1.82) is 0 Å². The molecule has 4 heteroatoms. The van der Waals surface area contributed by atoms with Gasteiger partial charge in [-0.25, -0.2) is 0 Å². The van der Waals surface area contributed by atoms with E-state index in [2.05, 4.69) is 60.6 Å². The molecular weight excluding hydrogens is 400 g/mol. The third-order valence-electron chi connectivity index (χ3n) is 5.51. The molecule has 0 saturated heterocycles. The molecule has 0 radical (unpaired) electrons. The van der Waals surface area contributed by atoms with Crippen molar-refractivity contribution in [3.8, 4) is 0 Å². The molecule has 0 rings (SSSR count). The molecule has 0 saturated carbocycles.